The van der Waals surface area contributed by atoms with Gasteiger partial charge in [0.15, 0.2) is 5.69 Å². The Labute approximate surface area is 254 Å². The predicted molar refractivity (Wildman–Crippen MR) is 166 cm³/mol. The van der Waals surface area contributed by atoms with Crippen LogP contribution in [0.2, 0.25) is 0 Å². The van der Waals surface area contributed by atoms with Crippen LogP contribution in [0, 0.1) is 0 Å². The van der Waals surface area contributed by atoms with E-state index in [2.05, 4.69) is 51.2 Å². The lowest BCUT2D eigenvalue weighted by atomic mass is 10.0. The maximum absolute atomic E-state index is 12.5. The molecule has 0 fully saturated rings. The summed E-state index contributed by atoms with van der Waals surface area (Å²) >= 11 is 0. The van der Waals surface area contributed by atoms with E-state index in [1.54, 1.807) is 0 Å². The zero-order valence-electron chi connectivity index (χ0n) is 21.1. The number of aromatic nitrogens is 12. The molecule has 0 N–H and O–H groups in total. The van der Waals surface area contributed by atoms with Gasteiger partial charge in [0.05, 0.1) is 0 Å². The van der Waals surface area contributed by atoms with Crippen LogP contribution >= 0.6 is 0 Å². The lowest BCUT2D eigenvalue weighted by molar-refractivity contribution is 0.103. The molecule has 10 rings (SSSR count). The number of benzene rings is 4. The maximum Gasteiger partial charge on any atom is 0.292 e. The molecule has 14 nitrogen and oxygen atoms in total. The first kappa shape index (κ1) is 28.7. The number of carbonyl (C=O) groups is 2. The second-order valence-corrected chi connectivity index (χ2v) is 9.70. The number of ketones is 2. The fourth-order valence-corrected chi connectivity index (χ4v) is 5.39. The van der Waals surface area contributed by atoms with E-state index in [1.807, 2.05) is 72.8 Å². The van der Waals surface area contributed by atoms with Crippen LogP contribution in [-0.4, -0.2) is 72.0 Å². The van der Waals surface area contributed by atoms with E-state index in [4.69, 9.17) is 0 Å². The number of carbonyl (C=O) groups excluding carboxylic acids is 2. The molecule has 2 aliphatic carbocycles. The molecule has 4 aromatic carbocycles. The van der Waals surface area contributed by atoms with Gasteiger partial charge in [-0.15, -0.1) is 10.2 Å². The lowest BCUT2D eigenvalue weighted by Gasteiger charge is -2.02. The van der Waals surface area contributed by atoms with Crippen LogP contribution in [0.4, 0.5) is 0 Å². The van der Waals surface area contributed by atoms with Crippen molar-refractivity contribution in [2.75, 3.05) is 0 Å². The molecule has 0 amide bonds. The average Bonchev–Trinajstić information content (AvgIpc) is 3.80. The van der Waals surface area contributed by atoms with Gasteiger partial charge in [0.25, 0.3) is 11.6 Å². The summed E-state index contributed by atoms with van der Waals surface area (Å²) in [5.74, 6) is 0.224. The molecule has 2 aliphatic rings. The van der Waals surface area contributed by atoms with Crippen LogP contribution in [0.15, 0.2) is 72.8 Å². The molecule has 0 radical (unpaired) electrons. The van der Waals surface area contributed by atoms with Gasteiger partial charge in [-0.2, -0.15) is 0 Å². The van der Waals surface area contributed by atoms with Gasteiger partial charge >= 0.3 is 0 Å². The third-order valence-corrected chi connectivity index (χ3v) is 7.34. The number of hydrogen-bond donors (Lipinski definition) is 0. The van der Waals surface area contributed by atoms with Crippen molar-refractivity contribution in [3.63, 3.8) is 0 Å². The van der Waals surface area contributed by atoms with Gasteiger partial charge in [0, 0.05) is 22.3 Å². The number of tetrazole rings is 2. The molecule has 0 spiro atoms. The summed E-state index contributed by atoms with van der Waals surface area (Å²) in [6.45, 7) is 0. The second kappa shape index (κ2) is 10.4. The van der Waals surface area contributed by atoms with E-state index in [9.17, 15) is 9.59 Å². The molecule has 4 heterocycles. The number of rotatable bonds is 0. The average molecular weight is 597 g/mol. The van der Waals surface area contributed by atoms with Crippen LogP contribution in [0.5, 0.6) is 0 Å². The minimum Gasteiger partial charge on any atom is -0.287 e. The van der Waals surface area contributed by atoms with Crippen molar-refractivity contribution in [3.05, 3.63) is 95.3 Å². The second-order valence-electron chi connectivity index (χ2n) is 9.70. The van der Waals surface area contributed by atoms with Gasteiger partial charge in [0.1, 0.15) is 17.1 Å². The first-order chi connectivity index (χ1) is 20.6. The molecular weight excluding hydrogens is 572 g/mol. The molecular formula is C31H24N12O2. The summed E-state index contributed by atoms with van der Waals surface area (Å²) in [4.78, 5) is 33.6. The van der Waals surface area contributed by atoms with Gasteiger partial charge in [-0.1, -0.05) is 90.3 Å². The van der Waals surface area contributed by atoms with Crippen LogP contribution in [0.3, 0.4) is 0 Å². The van der Waals surface area contributed by atoms with Crippen molar-refractivity contribution in [3.8, 4) is 22.5 Å². The predicted octanol–water partition coefficient (Wildman–Crippen LogP) is 4.47. The Morgan fingerprint density at radius 3 is 1.38 bits per heavy atom. The SMILES string of the molecule is C.C.C.O=C1c2cc3ccccc3cc2-c2nc3nnnn3nc21.O=C1c2cc3ccccc3cc2-c2nn3nnnc3nc21. The molecule has 0 saturated heterocycles. The van der Waals surface area contributed by atoms with Crippen molar-refractivity contribution in [2.45, 2.75) is 22.3 Å². The molecule has 0 saturated carbocycles. The van der Waals surface area contributed by atoms with Crippen molar-refractivity contribution >= 4 is 44.7 Å². The quantitative estimate of drug-likeness (QED) is 0.241. The molecule has 0 unspecified atom stereocenters. The van der Waals surface area contributed by atoms with Crippen LogP contribution in [-0.2, 0) is 0 Å². The summed E-state index contributed by atoms with van der Waals surface area (Å²) in [5.41, 5.74) is 4.46. The standard InChI is InChI=1S/2C14H6N6O.3CH4/c21-13-10-6-8-4-2-1-3-7(8)5-9(10)11-12(13)15-14-16-18-19-20(14)17-11;21-13-10-6-8-4-2-1-3-7(8)5-9(10)11-12(13)17-20-14(15-11)16-18-19-20;;;/h2*1-6H;3*1H4. The third kappa shape index (κ3) is 4.11. The van der Waals surface area contributed by atoms with Crippen molar-refractivity contribution in [1.29, 1.82) is 0 Å². The van der Waals surface area contributed by atoms with E-state index < -0.39 is 0 Å². The number of fused-ring (bicyclic) bond motifs is 10. The van der Waals surface area contributed by atoms with E-state index >= 15 is 0 Å². The molecule has 14 heteroatoms. The Balaban J connectivity index is 0.000000149. The van der Waals surface area contributed by atoms with Crippen molar-refractivity contribution < 1.29 is 9.59 Å². The van der Waals surface area contributed by atoms with E-state index in [-0.39, 0.29) is 45.4 Å². The van der Waals surface area contributed by atoms with Gasteiger partial charge in [-0.3, -0.25) is 9.59 Å². The van der Waals surface area contributed by atoms with E-state index in [0.29, 0.717) is 33.9 Å². The first-order valence-corrected chi connectivity index (χ1v) is 12.7. The van der Waals surface area contributed by atoms with Crippen molar-refractivity contribution in [2.24, 2.45) is 0 Å². The fraction of sp³-hybridized carbons (Fsp3) is 0.0968. The Hall–Kier alpha value is -6.44. The lowest BCUT2D eigenvalue weighted by Crippen LogP contribution is -2.06. The summed E-state index contributed by atoms with van der Waals surface area (Å²) < 4.78 is 2.40. The molecule has 4 aromatic heterocycles. The highest BCUT2D eigenvalue weighted by Gasteiger charge is 2.32. The zero-order valence-corrected chi connectivity index (χ0v) is 21.1. The summed E-state index contributed by atoms with van der Waals surface area (Å²) in [6.07, 6.45) is 0. The van der Waals surface area contributed by atoms with Gasteiger partial charge < -0.3 is 0 Å². The Bertz CT molecular complexity index is 2310. The maximum atomic E-state index is 12.5. The van der Waals surface area contributed by atoms with Gasteiger partial charge in [-0.05, 0) is 66.7 Å². The first-order valence-electron chi connectivity index (χ1n) is 12.7. The Kier molecular flexibility index (Phi) is 6.61. The molecule has 220 valence electrons. The molecule has 0 atom stereocenters. The highest BCUT2D eigenvalue weighted by atomic mass is 16.1. The molecule has 0 aliphatic heterocycles. The van der Waals surface area contributed by atoms with Crippen LogP contribution in [0.25, 0.3) is 55.6 Å². The fourth-order valence-electron chi connectivity index (χ4n) is 5.39. The molecule has 0 bridgehead atoms. The monoisotopic (exact) mass is 596 g/mol. The minimum atomic E-state index is -0.143. The highest BCUT2D eigenvalue weighted by molar-refractivity contribution is 6.22. The Morgan fingerprint density at radius 2 is 0.867 bits per heavy atom. The zero-order chi connectivity index (χ0) is 27.9. The van der Waals surface area contributed by atoms with Gasteiger partial charge in [0.2, 0.25) is 11.6 Å². The largest absolute Gasteiger partial charge is 0.292 e. The summed E-state index contributed by atoms with van der Waals surface area (Å²) in [5, 5.41) is 34.5. The minimum absolute atomic E-state index is 0. The van der Waals surface area contributed by atoms with Gasteiger partial charge in [-0.25, -0.2) is 9.97 Å². The highest BCUT2D eigenvalue weighted by Crippen LogP contribution is 2.37. The molecule has 8 aromatic rings. The van der Waals surface area contributed by atoms with E-state index in [1.165, 1.54) is 9.26 Å². The van der Waals surface area contributed by atoms with Crippen molar-refractivity contribution in [1.82, 2.24) is 60.5 Å². The van der Waals surface area contributed by atoms with Crippen LogP contribution in [0.1, 0.15) is 54.4 Å². The summed E-state index contributed by atoms with van der Waals surface area (Å²) in [7, 11) is 0. The summed E-state index contributed by atoms with van der Waals surface area (Å²) in [6, 6.07) is 23.5. The Morgan fingerprint density at radius 1 is 0.467 bits per heavy atom. The smallest absolute Gasteiger partial charge is 0.287 e. The van der Waals surface area contributed by atoms with Crippen LogP contribution < -0.4 is 0 Å². The number of hydrogen-bond acceptors (Lipinski definition) is 12. The normalized spacial score (nSPS) is 12.0. The molecule has 45 heavy (non-hydrogen) atoms. The van der Waals surface area contributed by atoms with E-state index in [0.717, 1.165) is 32.7 Å². The topological polar surface area (TPSA) is 172 Å². The third-order valence-electron chi connectivity index (χ3n) is 7.34. The number of nitrogens with zero attached hydrogens (tertiary/aromatic N) is 12.